The zero-order chi connectivity index (χ0) is 26.4. The number of carbonyl (C=O) groups is 1. The van der Waals surface area contributed by atoms with Gasteiger partial charge in [-0.05, 0) is 48.6 Å². The molecular weight excluding hydrogens is 649 g/mol. The second-order valence-electron chi connectivity index (χ2n) is 9.48. The maximum absolute atomic E-state index is 11.7. The van der Waals surface area contributed by atoms with Crippen LogP contribution in [0.15, 0.2) is 78.6 Å². The van der Waals surface area contributed by atoms with E-state index in [-0.39, 0.29) is 43.5 Å². The molecule has 1 heterocycles. The third-order valence-corrected chi connectivity index (χ3v) is 7.19. The quantitative estimate of drug-likeness (QED) is 0.0613. The number of aliphatic hydroxyl groups excluding tert-OH is 1. The minimum absolute atomic E-state index is 0. The molecule has 0 saturated carbocycles. The zero-order valence-corrected chi connectivity index (χ0v) is 24.9. The van der Waals surface area contributed by atoms with Gasteiger partial charge in [-0.3, -0.25) is 14.8 Å². The van der Waals surface area contributed by atoms with Gasteiger partial charge in [0.1, 0.15) is 0 Å². The van der Waals surface area contributed by atoms with Crippen molar-refractivity contribution in [2.75, 3.05) is 0 Å². The molecule has 0 bridgehead atoms. The van der Waals surface area contributed by atoms with Crippen molar-refractivity contribution in [2.45, 2.75) is 53.4 Å². The van der Waals surface area contributed by atoms with Gasteiger partial charge < -0.3 is 5.11 Å². The summed E-state index contributed by atoms with van der Waals surface area (Å²) in [5.74, 6) is 0.547. The molecule has 4 nitrogen and oxygen atoms in total. The Morgan fingerprint density at radius 1 is 0.789 bits per heavy atom. The van der Waals surface area contributed by atoms with Crippen LogP contribution in [0.5, 0.6) is 0 Å². The van der Waals surface area contributed by atoms with Crippen molar-refractivity contribution in [3.63, 3.8) is 0 Å². The number of nitrogens with zero attached hydrogens (tertiary/aromatic N) is 2. The average Bonchev–Trinajstić information content (AvgIpc) is 2.92. The number of benzene rings is 4. The summed E-state index contributed by atoms with van der Waals surface area (Å²) in [6.07, 6.45) is 4.91. The van der Waals surface area contributed by atoms with Gasteiger partial charge in [0.05, 0.1) is 16.8 Å². The minimum Gasteiger partial charge on any atom is -0.512 e. The molecule has 0 aliphatic heterocycles. The van der Waals surface area contributed by atoms with E-state index >= 15 is 0 Å². The van der Waals surface area contributed by atoms with Crippen molar-refractivity contribution in [3.05, 3.63) is 84.6 Å². The van der Waals surface area contributed by atoms with Crippen LogP contribution >= 0.6 is 0 Å². The van der Waals surface area contributed by atoms with Gasteiger partial charge in [0, 0.05) is 49.1 Å². The van der Waals surface area contributed by atoms with Crippen LogP contribution in [-0.2, 0) is 24.9 Å². The fourth-order valence-corrected chi connectivity index (χ4v) is 4.80. The van der Waals surface area contributed by atoms with E-state index in [0.29, 0.717) is 0 Å². The number of aromatic nitrogens is 2. The minimum atomic E-state index is 0. The van der Waals surface area contributed by atoms with E-state index in [4.69, 9.17) is 9.97 Å². The van der Waals surface area contributed by atoms with Crippen LogP contribution in [0.3, 0.4) is 0 Å². The number of rotatable bonds is 7. The number of aliphatic hydroxyl groups is 1. The third kappa shape index (κ3) is 6.46. The Hall–Kier alpha value is -3.14. The predicted octanol–water partition coefficient (Wildman–Crippen LogP) is 8.76. The number of hydrogen-bond donors (Lipinski definition) is 1. The number of allylic oxidation sites excluding steroid dienone is 2. The summed E-state index contributed by atoms with van der Waals surface area (Å²) < 4.78 is 0. The first kappa shape index (κ1) is 29.4. The van der Waals surface area contributed by atoms with E-state index in [1.54, 1.807) is 0 Å². The normalized spacial score (nSPS) is 11.7. The molecule has 0 spiro atoms. The second kappa shape index (κ2) is 13.6. The summed E-state index contributed by atoms with van der Waals surface area (Å²) in [7, 11) is 0. The van der Waals surface area contributed by atoms with E-state index < -0.39 is 0 Å². The zero-order valence-electron chi connectivity index (χ0n) is 22.5. The Morgan fingerprint density at radius 2 is 1.37 bits per heavy atom. The van der Waals surface area contributed by atoms with Crippen molar-refractivity contribution < 1.29 is 30.0 Å². The van der Waals surface area contributed by atoms with Gasteiger partial charge in [-0.1, -0.05) is 64.1 Å². The van der Waals surface area contributed by atoms with Crippen LogP contribution in [-0.4, -0.2) is 20.9 Å². The van der Waals surface area contributed by atoms with Crippen molar-refractivity contribution in [2.24, 2.45) is 11.8 Å². The van der Waals surface area contributed by atoms with Gasteiger partial charge in [-0.25, -0.2) is 0 Å². The van der Waals surface area contributed by atoms with E-state index in [2.05, 4.69) is 42.5 Å². The summed E-state index contributed by atoms with van der Waals surface area (Å²) in [5, 5.41) is 14.3. The molecule has 38 heavy (non-hydrogen) atoms. The van der Waals surface area contributed by atoms with Gasteiger partial charge in [0.15, 0.2) is 5.78 Å². The van der Waals surface area contributed by atoms with Crippen LogP contribution in [0.25, 0.3) is 43.6 Å². The molecule has 5 aromatic rings. The molecule has 0 aliphatic rings. The average molecular weight is 684 g/mol. The first-order valence-electron chi connectivity index (χ1n) is 13.3. The van der Waals surface area contributed by atoms with Crippen LogP contribution in [0, 0.1) is 17.9 Å². The third-order valence-electron chi connectivity index (χ3n) is 7.19. The molecule has 1 radical (unpaired) electrons. The first-order valence-corrected chi connectivity index (χ1v) is 13.3. The van der Waals surface area contributed by atoms with Crippen LogP contribution < -0.4 is 0 Å². The van der Waals surface area contributed by atoms with Gasteiger partial charge in [-0.15, -0.1) is 35.0 Å². The molecule has 0 amide bonds. The molecule has 0 atom stereocenters. The molecule has 0 saturated heterocycles. The summed E-state index contributed by atoms with van der Waals surface area (Å²) in [4.78, 5) is 21.4. The summed E-state index contributed by atoms with van der Waals surface area (Å²) in [6.45, 7) is 8.07. The number of hydrogen-bond acceptors (Lipinski definition) is 4. The van der Waals surface area contributed by atoms with Gasteiger partial charge in [0.2, 0.25) is 0 Å². The number of carbonyl (C=O) groups excluding carboxylic acids is 1. The molecule has 0 aliphatic carbocycles. The van der Waals surface area contributed by atoms with Crippen LogP contribution in [0.2, 0.25) is 0 Å². The summed E-state index contributed by atoms with van der Waals surface area (Å²) in [5.41, 5.74) is 3.69. The fourth-order valence-electron chi connectivity index (χ4n) is 4.80. The van der Waals surface area contributed by atoms with Crippen molar-refractivity contribution in [1.29, 1.82) is 0 Å². The molecule has 5 heteroatoms. The monoisotopic (exact) mass is 684 g/mol. The molecule has 0 fully saturated rings. The molecular formula is C33H35IrN2O2-. The number of ketones is 1. The maximum Gasteiger partial charge on any atom is 0.162 e. The first-order chi connectivity index (χ1) is 18.0. The Morgan fingerprint density at radius 3 is 1.97 bits per heavy atom. The van der Waals surface area contributed by atoms with E-state index in [0.717, 1.165) is 58.5 Å². The fraction of sp³-hybridized carbons (Fsp3) is 0.303. The van der Waals surface area contributed by atoms with Crippen molar-refractivity contribution >= 4 is 49.4 Å². The molecule has 4 aromatic carbocycles. The Balaban J connectivity index is 0.000000223. The topological polar surface area (TPSA) is 63.1 Å². The molecule has 0 unspecified atom stereocenters. The summed E-state index contributed by atoms with van der Waals surface area (Å²) >= 11 is 0. The molecule has 1 N–H and O–H groups in total. The van der Waals surface area contributed by atoms with E-state index in [9.17, 15) is 9.90 Å². The van der Waals surface area contributed by atoms with E-state index in [1.807, 2.05) is 58.0 Å². The maximum atomic E-state index is 11.7. The molecule has 199 valence electrons. The van der Waals surface area contributed by atoms with Gasteiger partial charge in [-0.2, -0.15) is 0 Å². The van der Waals surface area contributed by atoms with Gasteiger partial charge in [0.25, 0.3) is 0 Å². The Labute approximate surface area is 238 Å². The Kier molecular flexibility index (Phi) is 10.5. The van der Waals surface area contributed by atoms with Crippen LogP contribution in [0.1, 0.15) is 53.4 Å². The van der Waals surface area contributed by atoms with E-state index in [1.165, 1.54) is 16.8 Å². The van der Waals surface area contributed by atoms with Crippen molar-refractivity contribution in [3.8, 4) is 0 Å². The van der Waals surface area contributed by atoms with Crippen molar-refractivity contribution in [1.82, 2.24) is 9.97 Å². The predicted molar refractivity (Wildman–Crippen MR) is 155 cm³/mol. The molecule has 1 aromatic heterocycles. The smallest absolute Gasteiger partial charge is 0.162 e. The Bertz CT molecular complexity index is 1560. The van der Waals surface area contributed by atoms with Crippen LogP contribution in [0.4, 0.5) is 0 Å². The second-order valence-corrected chi connectivity index (χ2v) is 9.48. The number of fused-ring (bicyclic) bond motifs is 5. The summed E-state index contributed by atoms with van der Waals surface area (Å²) in [6, 6.07) is 25.9. The standard InChI is InChI=1S/C20H11N2.C13H24O2.Ir/c1-2-7-15-12-19-18(11-14(15)6-1)21-17-10-9-13-5-3-4-8-16(13)20(17)22-19;1-5-10(6-2)12(14)9-13(15)11(7-3)8-4;/h1-7,9-12H;9-11,14H,5-8H2,1-4H3;/q-1;;/b;12-9-;. The van der Waals surface area contributed by atoms with Gasteiger partial charge >= 0.3 is 0 Å². The SMILES string of the molecule is CCC(CC)C(=O)/C=C(\O)C(CC)CC.[Ir].[c-]1cccc2ccc3nc4cc5ccccc5cc4nc3c12. The largest absolute Gasteiger partial charge is 0.512 e. The molecule has 5 rings (SSSR count).